The van der Waals surface area contributed by atoms with Gasteiger partial charge in [-0.1, -0.05) is 50.2 Å². The van der Waals surface area contributed by atoms with Crippen molar-refractivity contribution in [1.29, 1.82) is 5.26 Å². The monoisotopic (exact) mass is 276 g/mol. The maximum absolute atomic E-state index is 9.41. The predicted octanol–water partition coefficient (Wildman–Crippen LogP) is 4.60. The highest BCUT2D eigenvalue weighted by Gasteiger charge is 2.38. The molecule has 2 aromatic carbocycles. The molecular weight excluding hydrogens is 256 g/mol. The van der Waals surface area contributed by atoms with E-state index in [4.69, 9.17) is 0 Å². The van der Waals surface area contributed by atoms with E-state index in [9.17, 15) is 5.26 Å². The number of hydrogen-bond acceptors (Lipinski definition) is 2. The molecule has 1 aliphatic rings. The van der Waals surface area contributed by atoms with Crippen LogP contribution in [0.15, 0.2) is 42.5 Å². The lowest BCUT2D eigenvalue weighted by Crippen LogP contribution is -2.25. The van der Waals surface area contributed by atoms with Gasteiger partial charge in [-0.15, -0.1) is 0 Å². The molecule has 1 atom stereocenters. The van der Waals surface area contributed by atoms with Crippen LogP contribution in [-0.2, 0) is 6.42 Å². The lowest BCUT2D eigenvalue weighted by molar-refractivity contribution is 0.337. The maximum atomic E-state index is 9.41. The van der Waals surface area contributed by atoms with Gasteiger partial charge in [0.1, 0.15) is 6.07 Å². The van der Waals surface area contributed by atoms with Crippen LogP contribution in [0.5, 0.6) is 0 Å². The zero-order chi connectivity index (χ0) is 15.0. The zero-order valence-electron chi connectivity index (χ0n) is 12.8. The molecule has 0 radical (unpaired) electrons. The zero-order valence-corrected chi connectivity index (χ0v) is 12.8. The smallest absolute Gasteiger partial charge is 0.102 e. The van der Waals surface area contributed by atoms with E-state index in [0.29, 0.717) is 0 Å². The molecule has 2 aromatic rings. The van der Waals surface area contributed by atoms with E-state index >= 15 is 0 Å². The Morgan fingerprint density at radius 2 is 1.90 bits per heavy atom. The summed E-state index contributed by atoms with van der Waals surface area (Å²) in [6.07, 6.45) is 1.06. The van der Waals surface area contributed by atoms with Crippen LogP contribution in [0, 0.1) is 23.7 Å². The van der Waals surface area contributed by atoms with Crippen molar-refractivity contribution in [3.63, 3.8) is 0 Å². The Morgan fingerprint density at radius 3 is 2.67 bits per heavy atom. The minimum atomic E-state index is 0.139. The van der Waals surface area contributed by atoms with Crippen LogP contribution in [0.1, 0.15) is 42.1 Å². The number of nitrogens with zero attached hydrogens (tertiary/aromatic N) is 1. The van der Waals surface area contributed by atoms with Gasteiger partial charge in [0.15, 0.2) is 0 Å². The molecule has 0 fully saturated rings. The molecule has 0 heterocycles. The first-order chi connectivity index (χ1) is 10.0. The number of hydrogen-bond donors (Lipinski definition) is 1. The van der Waals surface area contributed by atoms with Crippen molar-refractivity contribution in [3.05, 3.63) is 64.7 Å². The summed E-state index contributed by atoms with van der Waals surface area (Å²) in [7, 11) is 0. The molecular formula is C19H20N2. The van der Waals surface area contributed by atoms with Crippen LogP contribution in [0.4, 0.5) is 5.69 Å². The van der Waals surface area contributed by atoms with Crippen LogP contribution in [0.25, 0.3) is 0 Å². The Hall–Kier alpha value is -2.27. The van der Waals surface area contributed by atoms with Gasteiger partial charge in [-0.05, 0) is 41.5 Å². The molecule has 3 rings (SSSR count). The minimum absolute atomic E-state index is 0.139. The maximum Gasteiger partial charge on any atom is 0.102 e. The van der Waals surface area contributed by atoms with Crippen LogP contribution >= 0.6 is 0 Å². The molecule has 1 aliphatic carbocycles. The molecule has 1 N–H and O–H groups in total. The van der Waals surface area contributed by atoms with Crippen molar-refractivity contribution < 1.29 is 0 Å². The second-order valence-electron chi connectivity index (χ2n) is 6.55. The van der Waals surface area contributed by atoms with E-state index in [1.165, 1.54) is 11.1 Å². The lowest BCUT2D eigenvalue weighted by atomic mass is 9.85. The average molecular weight is 276 g/mol. The Kier molecular flexibility index (Phi) is 3.22. The second-order valence-corrected chi connectivity index (χ2v) is 6.55. The van der Waals surface area contributed by atoms with Crippen molar-refractivity contribution in [2.75, 3.05) is 5.32 Å². The number of anilines is 1. The fourth-order valence-electron chi connectivity index (χ4n) is 3.36. The van der Waals surface area contributed by atoms with Gasteiger partial charge in [-0.25, -0.2) is 0 Å². The number of rotatable bonds is 2. The quantitative estimate of drug-likeness (QED) is 0.870. The molecule has 0 bridgehead atoms. The normalized spacial score (nSPS) is 18.9. The van der Waals surface area contributed by atoms with Crippen LogP contribution in [-0.4, -0.2) is 0 Å². The summed E-state index contributed by atoms with van der Waals surface area (Å²) in [5, 5.41) is 13.0. The first-order valence-corrected chi connectivity index (χ1v) is 7.37. The molecule has 106 valence electrons. The summed E-state index contributed by atoms with van der Waals surface area (Å²) in [6, 6.07) is 17.2. The molecule has 0 aliphatic heterocycles. The van der Waals surface area contributed by atoms with Crippen LogP contribution < -0.4 is 5.32 Å². The fraction of sp³-hybridized carbons (Fsp3) is 0.316. The Labute approximate surface area is 126 Å². The summed E-state index contributed by atoms with van der Waals surface area (Å²) in [4.78, 5) is 0. The summed E-state index contributed by atoms with van der Waals surface area (Å²) >= 11 is 0. The van der Waals surface area contributed by atoms with E-state index in [2.05, 4.69) is 49.5 Å². The lowest BCUT2D eigenvalue weighted by Gasteiger charge is -2.30. The fourth-order valence-corrected chi connectivity index (χ4v) is 3.36. The van der Waals surface area contributed by atoms with Gasteiger partial charge in [-0.3, -0.25) is 0 Å². The summed E-state index contributed by atoms with van der Waals surface area (Å²) in [6.45, 7) is 6.55. The van der Waals surface area contributed by atoms with Gasteiger partial charge in [0.05, 0.1) is 17.3 Å². The molecule has 0 spiro atoms. The average Bonchev–Trinajstić information content (AvgIpc) is 2.70. The Morgan fingerprint density at radius 1 is 1.14 bits per heavy atom. The van der Waals surface area contributed by atoms with Crippen LogP contribution in [0.2, 0.25) is 0 Å². The topological polar surface area (TPSA) is 35.8 Å². The van der Waals surface area contributed by atoms with Gasteiger partial charge in [0.25, 0.3) is 0 Å². The highest BCUT2D eigenvalue weighted by Crippen LogP contribution is 2.47. The van der Waals surface area contributed by atoms with Crippen molar-refractivity contribution in [2.24, 2.45) is 5.41 Å². The van der Waals surface area contributed by atoms with Crippen molar-refractivity contribution in [3.8, 4) is 6.07 Å². The highest BCUT2D eigenvalue weighted by atomic mass is 15.0. The largest absolute Gasteiger partial charge is 0.377 e. The van der Waals surface area contributed by atoms with E-state index in [1.54, 1.807) is 0 Å². The Balaban J connectivity index is 2.02. The van der Waals surface area contributed by atoms with E-state index < -0.39 is 0 Å². The third kappa shape index (κ3) is 2.29. The van der Waals surface area contributed by atoms with Gasteiger partial charge in [-0.2, -0.15) is 5.26 Å². The van der Waals surface area contributed by atoms with Crippen molar-refractivity contribution >= 4 is 5.69 Å². The van der Waals surface area contributed by atoms with Gasteiger partial charge < -0.3 is 5.32 Å². The number of benzene rings is 2. The van der Waals surface area contributed by atoms with E-state index in [1.807, 2.05) is 25.1 Å². The van der Waals surface area contributed by atoms with Crippen molar-refractivity contribution in [2.45, 2.75) is 33.2 Å². The van der Waals surface area contributed by atoms with Gasteiger partial charge >= 0.3 is 0 Å². The molecule has 0 saturated carbocycles. The summed E-state index contributed by atoms with van der Waals surface area (Å²) in [5.41, 5.74) is 5.61. The first kappa shape index (κ1) is 13.7. The number of fused-ring (bicyclic) bond motifs is 1. The molecule has 21 heavy (non-hydrogen) atoms. The number of aryl methyl sites for hydroxylation is 1. The molecule has 2 nitrogen and oxygen atoms in total. The molecule has 0 aromatic heterocycles. The number of nitriles is 1. The molecule has 1 unspecified atom stereocenters. The summed E-state index contributed by atoms with van der Waals surface area (Å²) in [5.74, 6) is 0. The van der Waals surface area contributed by atoms with Crippen molar-refractivity contribution in [1.82, 2.24) is 0 Å². The van der Waals surface area contributed by atoms with E-state index in [0.717, 1.165) is 23.2 Å². The third-order valence-corrected chi connectivity index (χ3v) is 4.48. The highest BCUT2D eigenvalue weighted by molar-refractivity contribution is 5.62. The number of nitrogens with one attached hydrogen (secondary N) is 1. The first-order valence-electron chi connectivity index (χ1n) is 7.37. The minimum Gasteiger partial charge on any atom is -0.377 e. The second kappa shape index (κ2) is 4.93. The molecule has 0 amide bonds. The molecule has 0 saturated heterocycles. The third-order valence-electron chi connectivity index (χ3n) is 4.48. The SMILES string of the molecule is Cc1cccc(NC2c3ccccc3CC2(C)C)c1C#N. The summed E-state index contributed by atoms with van der Waals surface area (Å²) < 4.78 is 0. The van der Waals surface area contributed by atoms with Gasteiger partial charge in [0.2, 0.25) is 0 Å². The van der Waals surface area contributed by atoms with E-state index in [-0.39, 0.29) is 11.5 Å². The standard InChI is InChI=1S/C19H20N2/c1-13-7-6-10-17(16(13)12-20)21-18-15-9-5-4-8-14(15)11-19(18,2)3/h4-10,18,21H,11H2,1-3H3. The van der Waals surface area contributed by atoms with Gasteiger partial charge in [0, 0.05) is 0 Å². The predicted molar refractivity (Wildman–Crippen MR) is 86.2 cm³/mol. The molecule has 2 heteroatoms. The Bertz CT molecular complexity index is 723. The van der Waals surface area contributed by atoms with Crippen LogP contribution in [0.3, 0.4) is 0 Å².